The molecule has 0 radical (unpaired) electrons. The highest BCUT2D eigenvalue weighted by Crippen LogP contribution is 2.17. The standard InChI is InChI=1S/C16H23NO3/c1-3-7-14(8-4-1)18-13-16-19-12-15(20-16)11-17-9-5-2-6-10-17/h1,3-4,7-8,15-16H,2,5-6,9-13H2. The van der Waals surface area contributed by atoms with E-state index in [-0.39, 0.29) is 12.4 Å². The van der Waals surface area contributed by atoms with Crippen molar-refractivity contribution in [2.45, 2.75) is 31.7 Å². The van der Waals surface area contributed by atoms with Gasteiger partial charge in [-0.3, -0.25) is 0 Å². The summed E-state index contributed by atoms with van der Waals surface area (Å²) in [6, 6.07) is 9.79. The molecule has 2 unspecified atom stereocenters. The first-order valence-corrected chi connectivity index (χ1v) is 7.57. The van der Waals surface area contributed by atoms with Gasteiger partial charge in [-0.2, -0.15) is 0 Å². The Morgan fingerprint density at radius 1 is 1.10 bits per heavy atom. The van der Waals surface area contributed by atoms with Crippen LogP contribution in [0.15, 0.2) is 30.3 Å². The van der Waals surface area contributed by atoms with Crippen molar-refractivity contribution in [3.8, 4) is 5.75 Å². The molecule has 20 heavy (non-hydrogen) atoms. The van der Waals surface area contributed by atoms with E-state index >= 15 is 0 Å². The second-order valence-corrected chi connectivity index (χ2v) is 5.51. The fourth-order valence-electron chi connectivity index (χ4n) is 2.80. The van der Waals surface area contributed by atoms with Gasteiger partial charge in [-0.05, 0) is 38.1 Å². The molecule has 2 atom stereocenters. The minimum atomic E-state index is -0.231. The molecule has 4 heteroatoms. The number of hydrogen-bond donors (Lipinski definition) is 0. The number of piperidine rings is 1. The Morgan fingerprint density at radius 2 is 1.90 bits per heavy atom. The second kappa shape index (κ2) is 7.07. The number of nitrogens with zero attached hydrogens (tertiary/aromatic N) is 1. The molecule has 0 spiro atoms. The monoisotopic (exact) mass is 277 g/mol. The molecule has 110 valence electrons. The van der Waals surface area contributed by atoms with Crippen LogP contribution in [-0.4, -0.2) is 50.1 Å². The molecule has 0 amide bonds. The Morgan fingerprint density at radius 3 is 2.70 bits per heavy atom. The summed E-state index contributed by atoms with van der Waals surface area (Å²) in [5.41, 5.74) is 0. The first kappa shape index (κ1) is 13.9. The lowest BCUT2D eigenvalue weighted by Crippen LogP contribution is -2.37. The molecule has 1 aromatic rings. The predicted octanol–water partition coefficient (Wildman–Crippen LogP) is 2.29. The maximum Gasteiger partial charge on any atom is 0.192 e. The fraction of sp³-hybridized carbons (Fsp3) is 0.625. The molecule has 3 rings (SSSR count). The number of likely N-dealkylation sites (tertiary alicyclic amines) is 1. The first-order chi connectivity index (χ1) is 9.90. The van der Waals surface area contributed by atoms with Crippen LogP contribution in [0.3, 0.4) is 0 Å². The SMILES string of the molecule is c1ccc(OCC2OCC(CN3CCCCC3)O2)cc1. The highest BCUT2D eigenvalue weighted by Gasteiger charge is 2.28. The van der Waals surface area contributed by atoms with Crippen LogP contribution in [0.4, 0.5) is 0 Å². The number of rotatable bonds is 5. The minimum Gasteiger partial charge on any atom is -0.488 e. The maximum absolute atomic E-state index is 5.90. The largest absolute Gasteiger partial charge is 0.488 e. The van der Waals surface area contributed by atoms with Crippen molar-refractivity contribution in [2.75, 3.05) is 32.8 Å². The van der Waals surface area contributed by atoms with E-state index in [1.165, 1.54) is 32.4 Å². The van der Waals surface area contributed by atoms with Crippen LogP contribution >= 0.6 is 0 Å². The zero-order valence-corrected chi connectivity index (χ0v) is 11.9. The van der Waals surface area contributed by atoms with Gasteiger partial charge >= 0.3 is 0 Å². The Labute approximate surface area is 120 Å². The van der Waals surface area contributed by atoms with Gasteiger partial charge in [0.05, 0.1) is 12.7 Å². The molecule has 0 aliphatic carbocycles. The van der Waals surface area contributed by atoms with Crippen molar-refractivity contribution in [3.05, 3.63) is 30.3 Å². The highest BCUT2D eigenvalue weighted by atomic mass is 16.7. The molecule has 2 heterocycles. The summed E-state index contributed by atoms with van der Waals surface area (Å²) in [5.74, 6) is 0.860. The normalized spacial score (nSPS) is 27.6. The third-order valence-corrected chi connectivity index (χ3v) is 3.85. The molecular weight excluding hydrogens is 254 g/mol. The summed E-state index contributed by atoms with van der Waals surface area (Å²) in [4.78, 5) is 2.48. The Kier molecular flexibility index (Phi) is 4.90. The number of para-hydroxylation sites is 1. The van der Waals surface area contributed by atoms with Crippen LogP contribution in [-0.2, 0) is 9.47 Å². The first-order valence-electron chi connectivity index (χ1n) is 7.57. The van der Waals surface area contributed by atoms with Crippen molar-refractivity contribution in [1.82, 2.24) is 4.90 Å². The van der Waals surface area contributed by atoms with Gasteiger partial charge < -0.3 is 19.1 Å². The van der Waals surface area contributed by atoms with E-state index < -0.39 is 0 Å². The van der Waals surface area contributed by atoms with Gasteiger partial charge in [0, 0.05) is 6.54 Å². The van der Waals surface area contributed by atoms with Crippen LogP contribution in [0, 0.1) is 0 Å². The third-order valence-electron chi connectivity index (χ3n) is 3.85. The molecule has 2 aliphatic heterocycles. The molecule has 4 nitrogen and oxygen atoms in total. The van der Waals surface area contributed by atoms with E-state index in [1.54, 1.807) is 0 Å². The third kappa shape index (κ3) is 3.95. The smallest absolute Gasteiger partial charge is 0.192 e. The average molecular weight is 277 g/mol. The summed E-state index contributed by atoms with van der Waals surface area (Å²) in [6.07, 6.45) is 3.95. The molecule has 0 N–H and O–H groups in total. The molecule has 0 saturated carbocycles. The van der Waals surface area contributed by atoms with Crippen molar-refractivity contribution >= 4 is 0 Å². The van der Waals surface area contributed by atoms with E-state index in [1.807, 2.05) is 30.3 Å². The fourth-order valence-corrected chi connectivity index (χ4v) is 2.80. The summed E-state index contributed by atoms with van der Waals surface area (Å²) in [5, 5.41) is 0. The summed E-state index contributed by atoms with van der Waals surface area (Å²) in [7, 11) is 0. The lowest BCUT2D eigenvalue weighted by molar-refractivity contribution is -0.0851. The summed E-state index contributed by atoms with van der Waals surface area (Å²) >= 11 is 0. The number of benzene rings is 1. The van der Waals surface area contributed by atoms with Crippen molar-refractivity contribution < 1.29 is 14.2 Å². The molecule has 2 aliphatic rings. The number of ether oxygens (including phenoxy) is 3. The van der Waals surface area contributed by atoms with E-state index in [2.05, 4.69) is 4.90 Å². The van der Waals surface area contributed by atoms with Crippen LogP contribution < -0.4 is 4.74 Å². The molecule has 2 saturated heterocycles. The van der Waals surface area contributed by atoms with Gasteiger partial charge in [-0.1, -0.05) is 24.6 Å². The molecule has 1 aromatic carbocycles. The van der Waals surface area contributed by atoms with Crippen LogP contribution in [0.25, 0.3) is 0 Å². The zero-order chi connectivity index (χ0) is 13.6. The van der Waals surface area contributed by atoms with E-state index in [0.717, 1.165) is 12.3 Å². The average Bonchev–Trinajstić information content (AvgIpc) is 2.95. The summed E-state index contributed by atoms with van der Waals surface area (Å²) < 4.78 is 17.2. The van der Waals surface area contributed by atoms with E-state index in [9.17, 15) is 0 Å². The number of hydrogen-bond acceptors (Lipinski definition) is 4. The Hall–Kier alpha value is -1.10. The summed E-state index contributed by atoms with van der Waals surface area (Å²) in [6.45, 7) is 4.53. The van der Waals surface area contributed by atoms with Crippen molar-refractivity contribution in [2.24, 2.45) is 0 Å². The topological polar surface area (TPSA) is 30.9 Å². The van der Waals surface area contributed by atoms with Crippen LogP contribution in [0.5, 0.6) is 5.75 Å². The maximum atomic E-state index is 5.90. The van der Waals surface area contributed by atoms with Gasteiger partial charge in [-0.15, -0.1) is 0 Å². The molecule has 2 fully saturated rings. The quantitative estimate of drug-likeness (QED) is 0.826. The van der Waals surface area contributed by atoms with Crippen LogP contribution in [0.2, 0.25) is 0 Å². The van der Waals surface area contributed by atoms with Gasteiger partial charge in [0.15, 0.2) is 6.29 Å². The van der Waals surface area contributed by atoms with Crippen molar-refractivity contribution in [3.63, 3.8) is 0 Å². The zero-order valence-electron chi connectivity index (χ0n) is 11.9. The van der Waals surface area contributed by atoms with Gasteiger partial charge in [0.25, 0.3) is 0 Å². The lowest BCUT2D eigenvalue weighted by Gasteiger charge is -2.28. The van der Waals surface area contributed by atoms with E-state index in [4.69, 9.17) is 14.2 Å². The highest BCUT2D eigenvalue weighted by molar-refractivity contribution is 5.20. The van der Waals surface area contributed by atoms with Crippen LogP contribution in [0.1, 0.15) is 19.3 Å². The van der Waals surface area contributed by atoms with Gasteiger partial charge in [-0.25, -0.2) is 0 Å². The Balaban J connectivity index is 1.38. The molecule has 0 bridgehead atoms. The molecular formula is C16H23NO3. The molecule has 0 aromatic heterocycles. The van der Waals surface area contributed by atoms with Gasteiger partial charge in [0.2, 0.25) is 0 Å². The predicted molar refractivity (Wildman–Crippen MR) is 76.8 cm³/mol. The van der Waals surface area contributed by atoms with E-state index in [0.29, 0.717) is 13.2 Å². The lowest BCUT2D eigenvalue weighted by atomic mass is 10.1. The van der Waals surface area contributed by atoms with Crippen molar-refractivity contribution in [1.29, 1.82) is 0 Å². The second-order valence-electron chi connectivity index (χ2n) is 5.51. The van der Waals surface area contributed by atoms with Gasteiger partial charge in [0.1, 0.15) is 12.4 Å². The minimum absolute atomic E-state index is 0.192. The Bertz CT molecular complexity index is 392.